The van der Waals surface area contributed by atoms with Gasteiger partial charge in [-0.3, -0.25) is 50.8 Å². The smallest absolute Gasteiger partial charge is 0.269 e. The molecule has 0 atom stereocenters. The van der Waals surface area contributed by atoms with Gasteiger partial charge in [0.25, 0.3) is 23.2 Å². The standard InChI is InChI=1S/C18H13N7O7S/c26-14(20-22-17(28)11-3-7-13(8-4-11)25(31)32)9-15-21-23-18(33-15)19-16(27)10-1-5-12(6-2-10)24(29)30/h1-8H,9H2,(H,20,26)(H,22,28)(H,19,23,27). The monoisotopic (exact) mass is 471 g/mol. The summed E-state index contributed by atoms with van der Waals surface area (Å²) in [5.74, 6) is -1.85. The molecular formula is C18H13N7O7S. The Morgan fingerprint density at radius 3 is 1.82 bits per heavy atom. The molecule has 168 valence electrons. The van der Waals surface area contributed by atoms with Crippen molar-refractivity contribution in [2.45, 2.75) is 6.42 Å². The predicted octanol–water partition coefficient (Wildman–Crippen LogP) is 1.61. The number of hydrogen-bond donors (Lipinski definition) is 3. The van der Waals surface area contributed by atoms with Crippen LogP contribution >= 0.6 is 11.3 Å². The van der Waals surface area contributed by atoms with Crippen molar-refractivity contribution in [1.82, 2.24) is 21.0 Å². The van der Waals surface area contributed by atoms with Crippen molar-refractivity contribution in [2.75, 3.05) is 5.32 Å². The molecule has 14 nitrogen and oxygen atoms in total. The van der Waals surface area contributed by atoms with Crippen LogP contribution in [0.4, 0.5) is 16.5 Å². The molecule has 3 amide bonds. The van der Waals surface area contributed by atoms with Crippen LogP contribution in [0.25, 0.3) is 0 Å². The van der Waals surface area contributed by atoms with E-state index < -0.39 is 27.6 Å². The van der Waals surface area contributed by atoms with E-state index >= 15 is 0 Å². The number of hydrogen-bond acceptors (Lipinski definition) is 10. The zero-order chi connectivity index (χ0) is 24.0. The average molecular weight is 471 g/mol. The normalized spacial score (nSPS) is 10.2. The van der Waals surface area contributed by atoms with Gasteiger partial charge in [-0.15, -0.1) is 10.2 Å². The summed E-state index contributed by atoms with van der Waals surface area (Å²) in [7, 11) is 0. The molecule has 0 saturated carbocycles. The summed E-state index contributed by atoms with van der Waals surface area (Å²) in [6, 6.07) is 9.75. The van der Waals surface area contributed by atoms with Crippen molar-refractivity contribution in [3.8, 4) is 0 Å². The minimum Gasteiger partial charge on any atom is -0.296 e. The van der Waals surface area contributed by atoms with E-state index in [1.54, 1.807) is 0 Å². The van der Waals surface area contributed by atoms with Crippen LogP contribution in [0.2, 0.25) is 0 Å². The molecule has 0 aliphatic carbocycles. The number of hydrazine groups is 1. The number of nitrogens with zero attached hydrogens (tertiary/aromatic N) is 4. The van der Waals surface area contributed by atoms with Gasteiger partial charge in [0.05, 0.1) is 16.3 Å². The van der Waals surface area contributed by atoms with Crippen LogP contribution in [0.5, 0.6) is 0 Å². The first-order valence-corrected chi connectivity index (χ1v) is 9.76. The number of non-ortho nitro benzene ring substituents is 2. The highest BCUT2D eigenvalue weighted by Gasteiger charge is 2.15. The number of rotatable bonds is 7. The molecule has 0 fully saturated rings. The Morgan fingerprint density at radius 2 is 1.30 bits per heavy atom. The first-order valence-electron chi connectivity index (χ1n) is 8.95. The third-order valence-electron chi connectivity index (χ3n) is 4.00. The topological polar surface area (TPSA) is 199 Å². The Balaban J connectivity index is 1.49. The first-order chi connectivity index (χ1) is 15.7. The molecule has 0 bridgehead atoms. The van der Waals surface area contributed by atoms with E-state index in [1.807, 2.05) is 0 Å². The van der Waals surface area contributed by atoms with Gasteiger partial charge in [-0.1, -0.05) is 11.3 Å². The zero-order valence-electron chi connectivity index (χ0n) is 16.4. The highest BCUT2D eigenvalue weighted by Crippen LogP contribution is 2.18. The van der Waals surface area contributed by atoms with Crippen molar-refractivity contribution in [1.29, 1.82) is 0 Å². The minimum absolute atomic E-state index is 0.105. The quantitative estimate of drug-likeness (QED) is 0.338. The second-order valence-corrected chi connectivity index (χ2v) is 7.30. The van der Waals surface area contributed by atoms with Crippen molar-refractivity contribution < 1.29 is 24.2 Å². The molecule has 0 unspecified atom stereocenters. The molecule has 1 aromatic heterocycles. The van der Waals surface area contributed by atoms with E-state index in [9.17, 15) is 34.6 Å². The SMILES string of the molecule is O=C(Cc1nnc(NC(=O)c2ccc([N+](=O)[O-])cc2)s1)NNC(=O)c1ccc([N+](=O)[O-])cc1. The number of anilines is 1. The van der Waals surface area contributed by atoms with Gasteiger partial charge in [0.15, 0.2) is 0 Å². The fourth-order valence-corrected chi connectivity index (χ4v) is 3.13. The minimum atomic E-state index is -0.674. The van der Waals surface area contributed by atoms with Crippen LogP contribution in [0.3, 0.4) is 0 Å². The zero-order valence-corrected chi connectivity index (χ0v) is 17.2. The Morgan fingerprint density at radius 1 is 0.788 bits per heavy atom. The van der Waals surface area contributed by atoms with Gasteiger partial charge < -0.3 is 0 Å². The van der Waals surface area contributed by atoms with Gasteiger partial charge in [-0.25, -0.2) is 0 Å². The molecule has 15 heteroatoms. The molecule has 2 aromatic carbocycles. The van der Waals surface area contributed by atoms with Crippen molar-refractivity contribution in [3.05, 3.63) is 84.9 Å². The number of nitro groups is 2. The molecular weight excluding hydrogens is 458 g/mol. The molecule has 0 aliphatic rings. The van der Waals surface area contributed by atoms with E-state index in [0.29, 0.717) is 0 Å². The fourth-order valence-electron chi connectivity index (χ4n) is 2.39. The molecule has 0 saturated heterocycles. The summed E-state index contributed by atoms with van der Waals surface area (Å²) in [4.78, 5) is 56.3. The highest BCUT2D eigenvalue weighted by molar-refractivity contribution is 7.15. The Kier molecular flexibility index (Phi) is 6.94. The summed E-state index contributed by atoms with van der Waals surface area (Å²) in [6.45, 7) is 0. The highest BCUT2D eigenvalue weighted by atomic mass is 32.1. The van der Waals surface area contributed by atoms with Crippen LogP contribution in [0.15, 0.2) is 48.5 Å². The number of carbonyl (C=O) groups excluding carboxylic acids is 3. The van der Waals surface area contributed by atoms with Gasteiger partial charge in [0.2, 0.25) is 11.0 Å². The Labute approximate surface area is 187 Å². The van der Waals surface area contributed by atoms with E-state index in [-0.39, 0.29) is 39.1 Å². The summed E-state index contributed by atoms with van der Waals surface area (Å²) >= 11 is 0.927. The van der Waals surface area contributed by atoms with E-state index in [2.05, 4.69) is 26.4 Å². The summed E-state index contributed by atoms with van der Waals surface area (Å²) in [5.41, 5.74) is 4.29. The Bertz CT molecular complexity index is 1230. The summed E-state index contributed by atoms with van der Waals surface area (Å²) in [6.07, 6.45) is -0.244. The van der Waals surface area contributed by atoms with E-state index in [0.717, 1.165) is 23.5 Å². The molecule has 3 rings (SSSR count). The van der Waals surface area contributed by atoms with Crippen LogP contribution in [-0.2, 0) is 11.2 Å². The number of aromatic nitrogens is 2. The molecule has 0 aliphatic heterocycles. The van der Waals surface area contributed by atoms with Crippen molar-refractivity contribution in [3.63, 3.8) is 0 Å². The maximum absolute atomic E-state index is 12.2. The average Bonchev–Trinajstić information content (AvgIpc) is 3.23. The van der Waals surface area contributed by atoms with Gasteiger partial charge in [-0.2, -0.15) is 0 Å². The third kappa shape index (κ3) is 6.11. The number of benzene rings is 2. The van der Waals surface area contributed by atoms with Crippen LogP contribution in [0.1, 0.15) is 25.7 Å². The lowest BCUT2D eigenvalue weighted by atomic mass is 10.2. The lowest BCUT2D eigenvalue weighted by Gasteiger charge is -2.06. The summed E-state index contributed by atoms with van der Waals surface area (Å²) < 4.78 is 0. The molecule has 0 spiro atoms. The van der Waals surface area contributed by atoms with E-state index in [4.69, 9.17) is 0 Å². The maximum Gasteiger partial charge on any atom is 0.269 e. The number of nitro benzene ring substituents is 2. The molecule has 0 radical (unpaired) electrons. The second-order valence-electron chi connectivity index (χ2n) is 6.24. The summed E-state index contributed by atoms with van der Waals surface area (Å²) in [5, 5.41) is 31.7. The molecule has 33 heavy (non-hydrogen) atoms. The number of amides is 3. The van der Waals surface area contributed by atoms with Crippen molar-refractivity contribution in [2.24, 2.45) is 0 Å². The largest absolute Gasteiger partial charge is 0.296 e. The van der Waals surface area contributed by atoms with Gasteiger partial charge >= 0.3 is 0 Å². The predicted molar refractivity (Wildman–Crippen MR) is 113 cm³/mol. The second kappa shape index (κ2) is 10.0. The van der Waals surface area contributed by atoms with Crippen LogP contribution in [-0.4, -0.2) is 37.8 Å². The first kappa shape index (κ1) is 22.9. The van der Waals surface area contributed by atoms with Gasteiger partial charge in [-0.05, 0) is 24.3 Å². The van der Waals surface area contributed by atoms with Crippen LogP contribution < -0.4 is 16.2 Å². The lowest BCUT2D eigenvalue weighted by Crippen LogP contribution is -2.42. The fraction of sp³-hybridized carbons (Fsp3) is 0.0556. The van der Waals surface area contributed by atoms with Gasteiger partial charge in [0, 0.05) is 35.4 Å². The van der Waals surface area contributed by atoms with Crippen molar-refractivity contribution >= 4 is 45.6 Å². The van der Waals surface area contributed by atoms with E-state index in [1.165, 1.54) is 36.4 Å². The Hall–Kier alpha value is -4.79. The molecule has 1 heterocycles. The molecule has 3 aromatic rings. The van der Waals surface area contributed by atoms with Crippen LogP contribution in [0, 0.1) is 20.2 Å². The number of nitrogens with one attached hydrogen (secondary N) is 3. The maximum atomic E-state index is 12.2. The molecule has 3 N–H and O–H groups in total. The third-order valence-corrected chi connectivity index (χ3v) is 4.83. The lowest BCUT2D eigenvalue weighted by molar-refractivity contribution is -0.385. The number of carbonyl (C=O) groups is 3. The van der Waals surface area contributed by atoms with Gasteiger partial charge in [0.1, 0.15) is 5.01 Å².